The van der Waals surface area contributed by atoms with E-state index >= 15 is 0 Å². The number of esters is 3. The molecule has 0 saturated heterocycles. The SMILES string of the molecule is CC(=O)O.CCOC(=O)c1c(O)c(O)c(C(=O)N(C)C)n1-c1ccc(O)cc1.CCOC(=O)c1c(OCc2ccccc2)c(C)c(C(=O)N(C)C)n1-c1ccc(O)cc1.CCOC(=O)c1c(OCc2ccccc2)c(C)c(C(=O)N(C)C)n1-c1ccc(OCc2ccc(OC)cc2)cc1. The highest BCUT2D eigenvalue weighted by Gasteiger charge is 2.36. The Balaban J connectivity index is 0.000000235. The molecule has 9 aromatic rings. The van der Waals surface area contributed by atoms with Crippen LogP contribution in [0.5, 0.6) is 46.0 Å². The molecule has 3 aromatic heterocycles. The zero-order valence-corrected chi connectivity index (χ0v) is 57.4. The van der Waals surface area contributed by atoms with Crippen molar-refractivity contribution in [3.8, 4) is 63.1 Å². The molecule has 9 rings (SSSR count). The maximum atomic E-state index is 13.4. The van der Waals surface area contributed by atoms with E-state index in [-0.39, 0.29) is 84.8 Å². The maximum Gasteiger partial charge on any atom is 0.359 e. The lowest BCUT2D eigenvalue weighted by Gasteiger charge is -2.16. The van der Waals surface area contributed by atoms with Crippen molar-refractivity contribution in [2.45, 2.75) is 61.4 Å². The number of ether oxygens (including phenoxy) is 7. The predicted octanol–water partition coefficient (Wildman–Crippen LogP) is 11.3. The number of carboxylic acid groups (broad SMARTS) is 1. The van der Waals surface area contributed by atoms with Gasteiger partial charge in [-0.2, -0.15) is 0 Å². The second-order valence-corrected chi connectivity index (χ2v) is 22.2. The number of rotatable bonds is 22. The molecule has 25 nitrogen and oxygen atoms in total. The third-order valence-electron chi connectivity index (χ3n) is 14.4. The number of carbonyl (C=O) groups excluding carboxylic acids is 6. The lowest BCUT2D eigenvalue weighted by molar-refractivity contribution is -0.134. The van der Waals surface area contributed by atoms with Gasteiger partial charge in [0.1, 0.15) is 54.2 Å². The average Bonchev–Trinajstić information content (AvgIpc) is 1.64. The molecule has 0 saturated carbocycles. The lowest BCUT2D eigenvalue weighted by Crippen LogP contribution is -2.26. The van der Waals surface area contributed by atoms with Crippen LogP contribution in [-0.4, -0.2) is 165 Å². The van der Waals surface area contributed by atoms with Crippen LogP contribution in [0.3, 0.4) is 0 Å². The van der Waals surface area contributed by atoms with Crippen LogP contribution in [-0.2, 0) is 38.8 Å². The molecule has 0 spiro atoms. The van der Waals surface area contributed by atoms with Crippen LogP contribution >= 0.6 is 0 Å². The van der Waals surface area contributed by atoms with Gasteiger partial charge in [0.2, 0.25) is 0 Å². The predicted molar refractivity (Wildman–Crippen MR) is 368 cm³/mol. The van der Waals surface area contributed by atoms with E-state index in [9.17, 15) is 49.2 Å². The fourth-order valence-corrected chi connectivity index (χ4v) is 9.75. The molecule has 522 valence electrons. The minimum absolute atomic E-state index is 0.0162. The molecular weight excluding hydrogens is 1280 g/mol. The molecular formula is C74H82N6O19. The number of carboxylic acids is 1. The van der Waals surface area contributed by atoms with Gasteiger partial charge in [0.25, 0.3) is 23.7 Å². The number of aromatic hydroxyl groups is 4. The topological polar surface area (TPSA) is 310 Å². The van der Waals surface area contributed by atoms with Crippen LogP contribution in [0, 0.1) is 13.8 Å². The van der Waals surface area contributed by atoms with Crippen molar-refractivity contribution in [1.29, 1.82) is 0 Å². The second kappa shape index (κ2) is 35.6. The van der Waals surface area contributed by atoms with E-state index < -0.39 is 41.3 Å². The molecule has 0 aliphatic rings. The summed E-state index contributed by atoms with van der Waals surface area (Å²) in [6.07, 6.45) is 0. The monoisotopic (exact) mass is 1360 g/mol. The zero-order chi connectivity index (χ0) is 72.8. The Kier molecular flexibility index (Phi) is 27.2. The van der Waals surface area contributed by atoms with Gasteiger partial charge in [-0.3, -0.25) is 32.9 Å². The lowest BCUT2D eigenvalue weighted by atomic mass is 10.2. The second-order valence-electron chi connectivity index (χ2n) is 22.2. The summed E-state index contributed by atoms with van der Waals surface area (Å²) in [5, 5.41) is 46.9. The van der Waals surface area contributed by atoms with E-state index in [1.54, 1.807) is 111 Å². The minimum Gasteiger partial charge on any atom is -0.508 e. The minimum atomic E-state index is -0.892. The zero-order valence-electron chi connectivity index (χ0n) is 57.4. The largest absolute Gasteiger partial charge is 0.508 e. The Labute approximate surface area is 573 Å². The van der Waals surface area contributed by atoms with E-state index in [4.69, 9.17) is 43.1 Å². The molecule has 0 atom stereocenters. The molecule has 99 heavy (non-hydrogen) atoms. The van der Waals surface area contributed by atoms with Gasteiger partial charge >= 0.3 is 17.9 Å². The standard InChI is InChI=1S/C32H34N2O6.C24H26N2O5.C16H18N2O6.C2H4O2/c1-6-38-32(36)29-30(40-21-23-10-8-7-9-11-23)22(2)28(31(35)33(3)4)34(29)25-14-18-27(19-15-25)39-20-24-12-16-26(37-5)17-13-24;1-5-30-24(29)21-22(31-15-17-9-7-6-8-10-17)16(2)20(23(28)25(3)4)26(21)18-11-13-19(27)14-12-18;1-4-24-16(23)12-14(21)13(20)11(15(22)17(2)3)18(12)9-5-7-10(19)8-6-9;1-2(3)4/h7-19H,6,20-21H2,1-5H3;6-14,27H,5,15H2,1-4H3;5-8,19-21H,4H2,1-3H3;1H3,(H,3,4). The van der Waals surface area contributed by atoms with E-state index in [0.29, 0.717) is 57.7 Å². The molecule has 3 heterocycles. The molecule has 0 unspecified atom stereocenters. The number of aromatic nitrogens is 3. The van der Waals surface area contributed by atoms with Crippen LogP contribution in [0.4, 0.5) is 0 Å². The van der Waals surface area contributed by atoms with Crippen molar-refractivity contribution in [3.05, 3.63) is 220 Å². The molecule has 0 radical (unpaired) electrons. The summed E-state index contributed by atoms with van der Waals surface area (Å²) in [5.74, 6) is -3.45. The molecule has 0 bridgehead atoms. The highest BCUT2D eigenvalue weighted by molar-refractivity contribution is 6.04. The van der Waals surface area contributed by atoms with Crippen LogP contribution in [0.1, 0.15) is 118 Å². The molecule has 0 aliphatic carbocycles. The van der Waals surface area contributed by atoms with Crippen LogP contribution in [0.25, 0.3) is 17.1 Å². The normalized spacial score (nSPS) is 10.4. The van der Waals surface area contributed by atoms with E-state index in [0.717, 1.165) is 33.9 Å². The first-order chi connectivity index (χ1) is 47.2. The van der Waals surface area contributed by atoms with Crippen molar-refractivity contribution in [3.63, 3.8) is 0 Å². The van der Waals surface area contributed by atoms with E-state index in [1.807, 2.05) is 84.9 Å². The van der Waals surface area contributed by atoms with Crippen LogP contribution in [0.15, 0.2) is 158 Å². The van der Waals surface area contributed by atoms with Crippen molar-refractivity contribution in [2.24, 2.45) is 0 Å². The van der Waals surface area contributed by atoms with Crippen molar-refractivity contribution >= 4 is 41.6 Å². The summed E-state index contributed by atoms with van der Waals surface area (Å²) in [5.41, 5.74) is 5.61. The maximum absolute atomic E-state index is 13.4. The number of nitrogens with zero attached hydrogens (tertiary/aromatic N) is 6. The Morgan fingerprint density at radius 1 is 0.384 bits per heavy atom. The van der Waals surface area contributed by atoms with Gasteiger partial charge in [0.15, 0.2) is 45.8 Å². The summed E-state index contributed by atoms with van der Waals surface area (Å²) in [6.45, 7) is 10.9. The number of amides is 3. The summed E-state index contributed by atoms with van der Waals surface area (Å²) < 4.78 is 43.3. The third kappa shape index (κ3) is 19.1. The molecule has 3 amide bonds. The first kappa shape index (κ1) is 75.9. The van der Waals surface area contributed by atoms with Gasteiger partial charge < -0.3 is 73.4 Å². The highest BCUT2D eigenvalue weighted by Crippen LogP contribution is 2.41. The summed E-state index contributed by atoms with van der Waals surface area (Å²) in [7, 11) is 11.2. The van der Waals surface area contributed by atoms with Crippen molar-refractivity contribution < 1.29 is 92.3 Å². The number of benzene rings is 6. The average molecular weight is 1360 g/mol. The number of phenolic OH excluding ortho intramolecular Hbond substituents is 2. The Morgan fingerprint density at radius 3 is 1.02 bits per heavy atom. The molecule has 0 fully saturated rings. The van der Waals surface area contributed by atoms with Crippen LogP contribution < -0.4 is 18.9 Å². The number of aliphatic carboxylic acids is 1. The van der Waals surface area contributed by atoms with Gasteiger partial charge in [0, 0.05) is 77.4 Å². The fourth-order valence-electron chi connectivity index (χ4n) is 9.75. The van der Waals surface area contributed by atoms with Gasteiger partial charge in [-0.1, -0.05) is 72.8 Å². The van der Waals surface area contributed by atoms with E-state index in [1.165, 1.54) is 69.8 Å². The van der Waals surface area contributed by atoms with Crippen molar-refractivity contribution in [2.75, 3.05) is 69.2 Å². The van der Waals surface area contributed by atoms with Gasteiger partial charge in [-0.15, -0.1) is 0 Å². The van der Waals surface area contributed by atoms with Gasteiger partial charge in [0.05, 0.1) is 26.9 Å². The quantitative estimate of drug-likeness (QED) is 0.0311. The fraction of sp³-hybridized carbons (Fsp3) is 0.257. The van der Waals surface area contributed by atoms with Gasteiger partial charge in [-0.05, 0) is 136 Å². The summed E-state index contributed by atoms with van der Waals surface area (Å²) in [6, 6.07) is 45.9. The number of phenols is 2. The Hall–Kier alpha value is -12.2. The van der Waals surface area contributed by atoms with Gasteiger partial charge in [-0.25, -0.2) is 14.4 Å². The molecule has 5 N–H and O–H groups in total. The van der Waals surface area contributed by atoms with Crippen LogP contribution in [0.2, 0.25) is 0 Å². The first-order valence-electron chi connectivity index (χ1n) is 31.0. The number of hydrogen-bond donors (Lipinski definition) is 5. The van der Waals surface area contributed by atoms with E-state index in [2.05, 4.69) is 0 Å². The number of carbonyl (C=O) groups is 7. The summed E-state index contributed by atoms with van der Waals surface area (Å²) >= 11 is 0. The number of hydrogen-bond acceptors (Lipinski definition) is 18. The smallest absolute Gasteiger partial charge is 0.359 e. The molecule has 6 aromatic carbocycles. The molecule has 25 heteroatoms. The highest BCUT2D eigenvalue weighted by atomic mass is 16.5. The number of methoxy groups -OCH3 is 1. The Morgan fingerprint density at radius 2 is 0.677 bits per heavy atom. The summed E-state index contributed by atoms with van der Waals surface area (Å²) in [4.78, 5) is 90.5. The van der Waals surface area contributed by atoms with Crippen molar-refractivity contribution in [1.82, 2.24) is 28.4 Å². The molecule has 0 aliphatic heterocycles. The third-order valence-corrected chi connectivity index (χ3v) is 14.4. The first-order valence-corrected chi connectivity index (χ1v) is 31.0. The Bertz CT molecular complexity index is 4230.